The average molecular weight is 199 g/mol. The second-order valence-corrected chi connectivity index (χ2v) is 4.11. The topological polar surface area (TPSA) is 40.9 Å². The summed E-state index contributed by atoms with van der Waals surface area (Å²) < 4.78 is 0. The van der Waals surface area contributed by atoms with Gasteiger partial charge < -0.3 is 0 Å². The van der Waals surface area contributed by atoms with Crippen LogP contribution in [0.4, 0.5) is 0 Å². The molecule has 2 nitrogen and oxygen atoms in total. The first-order valence-electron chi connectivity index (χ1n) is 5.26. The van der Waals surface area contributed by atoms with Gasteiger partial charge in [0.2, 0.25) is 0 Å². The molecule has 1 unspecified atom stereocenters. The van der Waals surface area contributed by atoms with Crippen molar-refractivity contribution in [3.8, 4) is 6.07 Å². The van der Waals surface area contributed by atoms with Gasteiger partial charge in [-0.05, 0) is 25.3 Å². The van der Waals surface area contributed by atoms with Gasteiger partial charge in [0.25, 0.3) is 0 Å². The highest BCUT2D eigenvalue weighted by atomic mass is 16.1. The molecule has 2 rings (SSSR count). The van der Waals surface area contributed by atoms with Gasteiger partial charge in [-0.3, -0.25) is 4.79 Å². The third kappa shape index (κ3) is 2.07. The van der Waals surface area contributed by atoms with Crippen LogP contribution in [0.25, 0.3) is 0 Å². The van der Waals surface area contributed by atoms with E-state index in [0.717, 1.165) is 24.0 Å². The van der Waals surface area contributed by atoms with E-state index in [1.54, 1.807) is 0 Å². The van der Waals surface area contributed by atoms with Crippen LogP contribution in [0.1, 0.15) is 41.6 Å². The van der Waals surface area contributed by atoms with Crippen molar-refractivity contribution in [2.75, 3.05) is 0 Å². The van der Waals surface area contributed by atoms with Gasteiger partial charge in [-0.15, -0.1) is 0 Å². The molecule has 1 saturated carbocycles. The third-order valence-electron chi connectivity index (χ3n) is 2.84. The van der Waals surface area contributed by atoms with E-state index in [-0.39, 0.29) is 17.6 Å². The number of carbonyl (C=O) groups is 1. The molecule has 1 aliphatic rings. The first kappa shape index (κ1) is 9.92. The van der Waals surface area contributed by atoms with E-state index in [1.807, 2.05) is 31.2 Å². The molecule has 0 N–H and O–H groups in total. The normalized spacial score (nSPS) is 16.8. The number of nitriles is 1. The maximum Gasteiger partial charge on any atom is 0.165 e. The molecular formula is C13H13NO. The predicted molar refractivity (Wildman–Crippen MR) is 57.5 cm³/mol. The number of rotatable bonds is 3. The molecule has 15 heavy (non-hydrogen) atoms. The van der Waals surface area contributed by atoms with E-state index in [9.17, 15) is 4.79 Å². The van der Waals surface area contributed by atoms with Crippen molar-refractivity contribution in [1.82, 2.24) is 0 Å². The van der Waals surface area contributed by atoms with Gasteiger partial charge in [0.15, 0.2) is 5.78 Å². The zero-order valence-corrected chi connectivity index (χ0v) is 8.73. The number of carbonyl (C=O) groups excluding carboxylic acids is 1. The van der Waals surface area contributed by atoms with Crippen molar-refractivity contribution in [2.24, 2.45) is 5.92 Å². The van der Waals surface area contributed by atoms with E-state index in [4.69, 9.17) is 5.26 Å². The molecule has 0 radical (unpaired) electrons. The van der Waals surface area contributed by atoms with Crippen molar-refractivity contribution in [2.45, 2.75) is 25.7 Å². The first-order valence-corrected chi connectivity index (χ1v) is 5.26. The molecule has 0 heterocycles. The summed E-state index contributed by atoms with van der Waals surface area (Å²) in [5.41, 5.74) is 1.76. The van der Waals surface area contributed by atoms with Gasteiger partial charge in [-0.25, -0.2) is 0 Å². The molecule has 0 aromatic heterocycles. The first-order chi connectivity index (χ1) is 7.22. The number of hydrogen-bond donors (Lipinski definition) is 0. The van der Waals surface area contributed by atoms with E-state index in [0.29, 0.717) is 0 Å². The fraction of sp³-hybridized carbons (Fsp3) is 0.385. The maximum atomic E-state index is 11.7. The van der Waals surface area contributed by atoms with Crippen LogP contribution >= 0.6 is 0 Å². The Bertz CT molecular complexity index is 409. The van der Waals surface area contributed by atoms with Gasteiger partial charge in [0.1, 0.15) is 0 Å². The SMILES string of the molecule is CC(C#N)c1ccc(C(=O)C2CC2)cc1. The zero-order valence-electron chi connectivity index (χ0n) is 8.73. The minimum absolute atomic E-state index is 0.102. The van der Waals surface area contributed by atoms with E-state index < -0.39 is 0 Å². The molecule has 2 heteroatoms. The maximum absolute atomic E-state index is 11.7. The zero-order chi connectivity index (χ0) is 10.8. The highest BCUT2D eigenvalue weighted by molar-refractivity contribution is 5.99. The van der Waals surface area contributed by atoms with Crippen LogP contribution in [0.2, 0.25) is 0 Å². The molecule has 0 bridgehead atoms. The molecule has 76 valence electrons. The van der Waals surface area contributed by atoms with E-state index >= 15 is 0 Å². The molecule has 0 saturated heterocycles. The van der Waals surface area contributed by atoms with Crippen molar-refractivity contribution >= 4 is 5.78 Å². The van der Waals surface area contributed by atoms with Crippen LogP contribution in [0.3, 0.4) is 0 Å². The summed E-state index contributed by atoms with van der Waals surface area (Å²) >= 11 is 0. The summed E-state index contributed by atoms with van der Waals surface area (Å²) in [5.74, 6) is 0.422. The summed E-state index contributed by atoms with van der Waals surface area (Å²) in [6.45, 7) is 1.86. The summed E-state index contributed by atoms with van der Waals surface area (Å²) in [6, 6.07) is 9.61. The lowest BCUT2D eigenvalue weighted by Crippen LogP contribution is -2.01. The molecular weight excluding hydrogens is 186 g/mol. The number of benzene rings is 1. The van der Waals surface area contributed by atoms with E-state index in [2.05, 4.69) is 6.07 Å². The minimum Gasteiger partial charge on any atom is -0.294 e. The summed E-state index contributed by atoms with van der Waals surface area (Å²) in [6.07, 6.45) is 2.07. The standard InChI is InChI=1S/C13H13NO/c1-9(8-14)10-2-4-11(5-3-10)13(15)12-6-7-12/h2-5,9,12H,6-7H2,1H3. The van der Waals surface area contributed by atoms with E-state index in [1.165, 1.54) is 0 Å². The molecule has 0 aliphatic heterocycles. The quantitative estimate of drug-likeness (QED) is 0.702. The van der Waals surface area contributed by atoms with Crippen LogP contribution in [-0.4, -0.2) is 5.78 Å². The Morgan fingerprint density at radius 1 is 1.40 bits per heavy atom. The summed E-state index contributed by atoms with van der Waals surface area (Å²) in [7, 11) is 0. The second-order valence-electron chi connectivity index (χ2n) is 4.11. The molecule has 1 aromatic rings. The molecule has 1 aromatic carbocycles. The minimum atomic E-state index is -0.102. The smallest absolute Gasteiger partial charge is 0.165 e. The highest BCUT2D eigenvalue weighted by Gasteiger charge is 2.30. The Balaban J connectivity index is 2.17. The second kappa shape index (κ2) is 3.86. The number of ketones is 1. The monoisotopic (exact) mass is 199 g/mol. The Labute approximate surface area is 89.5 Å². The van der Waals surface area contributed by atoms with Crippen LogP contribution in [0, 0.1) is 17.2 Å². The van der Waals surface area contributed by atoms with Gasteiger partial charge in [0.05, 0.1) is 12.0 Å². The fourth-order valence-electron chi connectivity index (χ4n) is 1.59. The Hall–Kier alpha value is -1.62. The number of nitrogens with zero attached hydrogens (tertiary/aromatic N) is 1. The predicted octanol–water partition coefficient (Wildman–Crippen LogP) is 2.91. The van der Waals surface area contributed by atoms with Gasteiger partial charge in [-0.1, -0.05) is 24.3 Å². The lowest BCUT2D eigenvalue weighted by molar-refractivity contribution is 0.0967. The van der Waals surface area contributed by atoms with Crippen molar-refractivity contribution in [1.29, 1.82) is 5.26 Å². The molecule has 0 amide bonds. The lowest BCUT2D eigenvalue weighted by atomic mass is 9.99. The highest BCUT2D eigenvalue weighted by Crippen LogP contribution is 2.32. The Morgan fingerprint density at radius 2 is 2.00 bits per heavy atom. The third-order valence-corrected chi connectivity index (χ3v) is 2.84. The van der Waals surface area contributed by atoms with Crippen LogP contribution in [-0.2, 0) is 0 Å². The molecule has 1 aliphatic carbocycles. The average Bonchev–Trinajstić information content (AvgIpc) is 3.11. The van der Waals surface area contributed by atoms with Crippen molar-refractivity contribution in [3.63, 3.8) is 0 Å². The Kier molecular flexibility index (Phi) is 2.55. The summed E-state index contributed by atoms with van der Waals surface area (Å²) in [4.78, 5) is 11.7. The largest absolute Gasteiger partial charge is 0.294 e. The molecule has 1 atom stereocenters. The number of hydrogen-bond acceptors (Lipinski definition) is 2. The lowest BCUT2D eigenvalue weighted by Gasteiger charge is -2.04. The number of Topliss-reactive ketones (excluding diaryl/α,β-unsaturated/α-hetero) is 1. The molecule has 0 spiro atoms. The van der Waals surface area contributed by atoms with Crippen molar-refractivity contribution < 1.29 is 4.79 Å². The summed E-state index contributed by atoms with van der Waals surface area (Å²) in [5, 5.41) is 8.75. The van der Waals surface area contributed by atoms with Crippen LogP contribution < -0.4 is 0 Å². The van der Waals surface area contributed by atoms with Gasteiger partial charge in [-0.2, -0.15) is 5.26 Å². The van der Waals surface area contributed by atoms with Gasteiger partial charge in [0, 0.05) is 11.5 Å². The van der Waals surface area contributed by atoms with Crippen LogP contribution in [0.5, 0.6) is 0 Å². The fourth-order valence-corrected chi connectivity index (χ4v) is 1.59. The van der Waals surface area contributed by atoms with Crippen LogP contribution in [0.15, 0.2) is 24.3 Å². The van der Waals surface area contributed by atoms with Crippen molar-refractivity contribution in [3.05, 3.63) is 35.4 Å². The Morgan fingerprint density at radius 3 is 2.47 bits per heavy atom. The molecule has 1 fully saturated rings. The van der Waals surface area contributed by atoms with Gasteiger partial charge >= 0.3 is 0 Å².